The maximum Gasteiger partial charge on any atom is 0.270 e. The van der Waals surface area contributed by atoms with Crippen LogP contribution >= 0.6 is 0 Å². The van der Waals surface area contributed by atoms with Crippen molar-refractivity contribution in [2.24, 2.45) is 0 Å². The molecule has 0 fully saturated rings. The van der Waals surface area contributed by atoms with Crippen LogP contribution in [0.3, 0.4) is 0 Å². The summed E-state index contributed by atoms with van der Waals surface area (Å²) in [5, 5.41) is 13.9. The standard InChI is InChI=1S/C19H16N2O7/c22-18(20-8-12-1-3-16-17(5-12)27-11-26-16)4-2-13-6-15(21(23)24)7-14-9-25-10-28-19(13)14/h1-7H,8-11H2,(H,20,22)/b4-2+. The van der Waals surface area contributed by atoms with Gasteiger partial charge in [0.1, 0.15) is 5.75 Å². The third-order valence-electron chi connectivity index (χ3n) is 4.25. The van der Waals surface area contributed by atoms with Gasteiger partial charge >= 0.3 is 0 Å². The number of fused-ring (bicyclic) bond motifs is 2. The number of hydrogen-bond donors (Lipinski definition) is 1. The SMILES string of the molecule is O=C(/C=C/c1cc([N+](=O)[O-])cc2c1OCOC2)NCc1ccc2c(c1)OCO2. The highest BCUT2D eigenvalue weighted by atomic mass is 16.7. The number of nitrogens with zero attached hydrogens (tertiary/aromatic N) is 1. The van der Waals surface area contributed by atoms with E-state index in [2.05, 4.69) is 5.32 Å². The van der Waals surface area contributed by atoms with Crippen molar-refractivity contribution in [1.29, 1.82) is 0 Å². The zero-order valence-electron chi connectivity index (χ0n) is 14.7. The average Bonchev–Trinajstić information content (AvgIpc) is 3.18. The predicted molar refractivity (Wildman–Crippen MR) is 96.8 cm³/mol. The fraction of sp³-hybridized carbons (Fsp3) is 0.211. The molecule has 0 atom stereocenters. The number of amides is 1. The van der Waals surface area contributed by atoms with Crippen LogP contribution in [-0.4, -0.2) is 24.4 Å². The molecular formula is C19H16N2O7. The monoisotopic (exact) mass is 384 g/mol. The Morgan fingerprint density at radius 2 is 2.00 bits per heavy atom. The van der Waals surface area contributed by atoms with Crippen LogP contribution in [-0.2, 0) is 22.7 Å². The zero-order chi connectivity index (χ0) is 19.5. The number of carbonyl (C=O) groups excluding carboxylic acids is 1. The number of ether oxygens (including phenoxy) is 4. The van der Waals surface area contributed by atoms with Crippen molar-refractivity contribution >= 4 is 17.7 Å². The van der Waals surface area contributed by atoms with Gasteiger partial charge in [0, 0.05) is 35.9 Å². The summed E-state index contributed by atoms with van der Waals surface area (Å²) in [6.07, 6.45) is 2.80. The quantitative estimate of drug-likeness (QED) is 0.479. The Bertz CT molecular complexity index is 971. The van der Waals surface area contributed by atoms with E-state index in [-0.39, 0.29) is 31.8 Å². The van der Waals surface area contributed by atoms with Crippen molar-refractivity contribution in [3.05, 3.63) is 63.2 Å². The molecule has 2 aromatic rings. The number of nitro groups is 1. The molecule has 1 N–H and O–H groups in total. The minimum absolute atomic E-state index is 0.0575. The van der Waals surface area contributed by atoms with E-state index in [4.69, 9.17) is 18.9 Å². The molecule has 1 amide bonds. The summed E-state index contributed by atoms with van der Waals surface area (Å²) in [6.45, 7) is 0.766. The Kier molecular flexibility index (Phi) is 4.81. The second-order valence-corrected chi connectivity index (χ2v) is 6.13. The molecule has 0 saturated carbocycles. The molecule has 144 valence electrons. The molecule has 9 nitrogen and oxygen atoms in total. The van der Waals surface area contributed by atoms with Crippen molar-refractivity contribution in [2.45, 2.75) is 13.2 Å². The Balaban J connectivity index is 1.45. The van der Waals surface area contributed by atoms with E-state index in [1.165, 1.54) is 24.3 Å². The summed E-state index contributed by atoms with van der Waals surface area (Å²) in [4.78, 5) is 22.8. The van der Waals surface area contributed by atoms with Crippen molar-refractivity contribution in [1.82, 2.24) is 5.32 Å². The first kappa shape index (κ1) is 17.8. The van der Waals surface area contributed by atoms with Crippen LogP contribution in [0.2, 0.25) is 0 Å². The van der Waals surface area contributed by atoms with Gasteiger partial charge in [-0.05, 0) is 23.8 Å². The van der Waals surface area contributed by atoms with E-state index in [9.17, 15) is 14.9 Å². The third kappa shape index (κ3) is 3.74. The van der Waals surface area contributed by atoms with Crippen molar-refractivity contribution in [3.63, 3.8) is 0 Å². The smallest absolute Gasteiger partial charge is 0.270 e. The second-order valence-electron chi connectivity index (χ2n) is 6.13. The van der Waals surface area contributed by atoms with Crippen LogP contribution in [0, 0.1) is 10.1 Å². The fourth-order valence-electron chi connectivity index (χ4n) is 2.93. The van der Waals surface area contributed by atoms with Gasteiger partial charge in [-0.1, -0.05) is 6.07 Å². The number of carbonyl (C=O) groups is 1. The molecule has 2 heterocycles. The maximum absolute atomic E-state index is 12.2. The molecule has 4 rings (SSSR count). The highest BCUT2D eigenvalue weighted by Crippen LogP contribution is 2.34. The minimum Gasteiger partial charge on any atom is -0.467 e. The molecule has 0 radical (unpaired) electrons. The molecule has 0 aliphatic carbocycles. The Morgan fingerprint density at radius 1 is 1.14 bits per heavy atom. The number of hydrogen-bond acceptors (Lipinski definition) is 7. The zero-order valence-corrected chi connectivity index (χ0v) is 14.7. The lowest BCUT2D eigenvalue weighted by molar-refractivity contribution is -0.385. The summed E-state index contributed by atoms with van der Waals surface area (Å²) in [6, 6.07) is 8.20. The van der Waals surface area contributed by atoms with E-state index >= 15 is 0 Å². The van der Waals surface area contributed by atoms with Crippen LogP contribution in [0.15, 0.2) is 36.4 Å². The van der Waals surface area contributed by atoms with Gasteiger partial charge in [0.25, 0.3) is 5.69 Å². The Hall–Kier alpha value is -3.59. The minimum atomic E-state index is -0.494. The lowest BCUT2D eigenvalue weighted by atomic mass is 10.1. The molecule has 28 heavy (non-hydrogen) atoms. The van der Waals surface area contributed by atoms with E-state index < -0.39 is 4.92 Å². The first-order valence-corrected chi connectivity index (χ1v) is 8.46. The van der Waals surface area contributed by atoms with E-state index in [1.807, 2.05) is 6.07 Å². The average molecular weight is 384 g/mol. The van der Waals surface area contributed by atoms with Crippen LogP contribution in [0.1, 0.15) is 16.7 Å². The lowest BCUT2D eigenvalue weighted by Crippen LogP contribution is -2.20. The van der Waals surface area contributed by atoms with Gasteiger partial charge in [0.05, 0.1) is 11.5 Å². The van der Waals surface area contributed by atoms with Crippen molar-refractivity contribution in [2.75, 3.05) is 13.6 Å². The molecular weight excluding hydrogens is 368 g/mol. The van der Waals surface area contributed by atoms with E-state index in [1.54, 1.807) is 12.1 Å². The molecule has 0 saturated heterocycles. The molecule has 2 aliphatic rings. The molecule has 0 unspecified atom stereocenters. The number of nitro benzene ring substituents is 1. The summed E-state index contributed by atoms with van der Waals surface area (Å²) < 4.78 is 21.2. The highest BCUT2D eigenvalue weighted by molar-refractivity contribution is 5.92. The molecule has 0 bridgehead atoms. The number of nitrogens with one attached hydrogen (secondary N) is 1. The van der Waals surface area contributed by atoms with Crippen LogP contribution in [0.4, 0.5) is 5.69 Å². The van der Waals surface area contributed by atoms with Gasteiger partial charge in [-0.15, -0.1) is 0 Å². The summed E-state index contributed by atoms with van der Waals surface area (Å²) >= 11 is 0. The van der Waals surface area contributed by atoms with Gasteiger partial charge in [0.2, 0.25) is 12.7 Å². The van der Waals surface area contributed by atoms with Gasteiger partial charge in [-0.25, -0.2) is 0 Å². The Morgan fingerprint density at radius 3 is 2.86 bits per heavy atom. The van der Waals surface area contributed by atoms with Gasteiger partial charge in [-0.3, -0.25) is 14.9 Å². The maximum atomic E-state index is 12.2. The van der Waals surface area contributed by atoms with Crippen LogP contribution in [0.25, 0.3) is 6.08 Å². The van der Waals surface area contributed by atoms with E-state index in [0.29, 0.717) is 34.9 Å². The summed E-state index contributed by atoms with van der Waals surface area (Å²) in [5.74, 6) is 1.46. The largest absolute Gasteiger partial charge is 0.467 e. The van der Waals surface area contributed by atoms with Gasteiger partial charge < -0.3 is 24.3 Å². The lowest BCUT2D eigenvalue weighted by Gasteiger charge is -2.19. The first-order valence-electron chi connectivity index (χ1n) is 8.46. The molecule has 0 spiro atoms. The topological polar surface area (TPSA) is 109 Å². The molecule has 2 aliphatic heterocycles. The first-order chi connectivity index (χ1) is 13.6. The fourth-order valence-corrected chi connectivity index (χ4v) is 2.93. The van der Waals surface area contributed by atoms with Crippen LogP contribution in [0.5, 0.6) is 17.2 Å². The summed E-state index contributed by atoms with van der Waals surface area (Å²) in [7, 11) is 0. The van der Waals surface area contributed by atoms with Crippen molar-refractivity contribution < 1.29 is 28.7 Å². The summed E-state index contributed by atoms with van der Waals surface area (Å²) in [5.41, 5.74) is 1.79. The van der Waals surface area contributed by atoms with E-state index in [0.717, 1.165) is 5.56 Å². The predicted octanol–water partition coefficient (Wildman–Crippen LogP) is 2.52. The van der Waals surface area contributed by atoms with Gasteiger partial charge in [-0.2, -0.15) is 0 Å². The number of rotatable bonds is 5. The van der Waals surface area contributed by atoms with Crippen LogP contribution < -0.4 is 19.5 Å². The molecule has 2 aromatic carbocycles. The van der Waals surface area contributed by atoms with Crippen molar-refractivity contribution in [3.8, 4) is 17.2 Å². The van der Waals surface area contributed by atoms with Gasteiger partial charge in [0.15, 0.2) is 18.3 Å². The molecule has 0 aromatic heterocycles. The normalized spacial score (nSPS) is 14.4. The second kappa shape index (κ2) is 7.57. The third-order valence-corrected chi connectivity index (χ3v) is 4.25. The molecule has 9 heteroatoms. The Labute approximate surface area is 159 Å². The highest BCUT2D eigenvalue weighted by Gasteiger charge is 2.20. The number of non-ortho nitro benzene ring substituents is 1. The number of benzene rings is 2.